The van der Waals surface area contributed by atoms with Gasteiger partial charge >= 0.3 is 0 Å². The van der Waals surface area contributed by atoms with E-state index >= 15 is 0 Å². The molecule has 0 radical (unpaired) electrons. The first-order valence-corrected chi connectivity index (χ1v) is 10.6. The van der Waals surface area contributed by atoms with Crippen LogP contribution in [-0.2, 0) is 0 Å². The molecular formula is C21H18BrN3O5S. The Hall–Kier alpha value is -3.11. The van der Waals surface area contributed by atoms with Crippen LogP contribution in [0.2, 0.25) is 0 Å². The maximum atomic E-state index is 12.9. The van der Waals surface area contributed by atoms with Crippen molar-refractivity contribution in [2.24, 2.45) is 0 Å². The molecule has 2 aromatic heterocycles. The second kappa shape index (κ2) is 8.56. The highest BCUT2D eigenvalue weighted by molar-refractivity contribution is 9.10. The Morgan fingerprint density at radius 1 is 0.968 bits per heavy atom. The maximum Gasteiger partial charge on any atom is 0.291 e. The van der Waals surface area contributed by atoms with Gasteiger partial charge in [-0.1, -0.05) is 27.3 Å². The molecule has 0 unspecified atom stereocenters. The molecule has 0 amide bonds. The van der Waals surface area contributed by atoms with Crippen LogP contribution in [0.25, 0.3) is 22.4 Å². The molecule has 8 nitrogen and oxygen atoms in total. The minimum atomic E-state index is -0.256. The predicted octanol–water partition coefficient (Wildman–Crippen LogP) is 3.16. The maximum absolute atomic E-state index is 12.9. The fraction of sp³-hybridized carbons (Fsp3) is 0.190. The van der Waals surface area contributed by atoms with Gasteiger partial charge in [0, 0.05) is 15.6 Å². The van der Waals surface area contributed by atoms with Gasteiger partial charge in [0.15, 0.2) is 17.3 Å². The molecule has 160 valence electrons. The van der Waals surface area contributed by atoms with E-state index in [1.165, 1.54) is 37.2 Å². The summed E-state index contributed by atoms with van der Waals surface area (Å²) < 4.78 is 24.2. The summed E-state index contributed by atoms with van der Waals surface area (Å²) in [6.45, 7) is 0. The summed E-state index contributed by atoms with van der Waals surface area (Å²) in [4.78, 5) is 17.9. The summed E-state index contributed by atoms with van der Waals surface area (Å²) in [5.74, 6) is 2.48. The zero-order valence-corrected chi connectivity index (χ0v) is 19.5. The molecule has 0 spiro atoms. The Balaban J connectivity index is 1.82. The topological polar surface area (TPSA) is 84.2 Å². The smallest absolute Gasteiger partial charge is 0.291 e. The minimum Gasteiger partial charge on any atom is -0.496 e. The Labute approximate surface area is 189 Å². The molecule has 4 rings (SSSR count). The van der Waals surface area contributed by atoms with Gasteiger partial charge in [-0.25, -0.2) is 0 Å². The van der Waals surface area contributed by atoms with Crippen LogP contribution >= 0.6 is 27.3 Å². The van der Waals surface area contributed by atoms with Gasteiger partial charge in [-0.2, -0.15) is 9.50 Å². The van der Waals surface area contributed by atoms with E-state index in [9.17, 15) is 4.79 Å². The zero-order chi connectivity index (χ0) is 22.1. The lowest BCUT2D eigenvalue weighted by molar-refractivity contribution is 0.324. The number of hydrogen-bond acceptors (Lipinski definition) is 8. The van der Waals surface area contributed by atoms with Crippen LogP contribution in [0.3, 0.4) is 0 Å². The molecule has 2 heterocycles. The van der Waals surface area contributed by atoms with Crippen molar-refractivity contribution in [2.75, 3.05) is 28.4 Å². The highest BCUT2D eigenvalue weighted by atomic mass is 79.9. The van der Waals surface area contributed by atoms with Crippen LogP contribution in [0, 0.1) is 0 Å². The molecule has 0 fully saturated rings. The van der Waals surface area contributed by atoms with Crippen LogP contribution in [0.1, 0.15) is 5.56 Å². The number of rotatable bonds is 6. The molecule has 0 aliphatic heterocycles. The van der Waals surface area contributed by atoms with Crippen LogP contribution in [0.5, 0.6) is 23.0 Å². The molecule has 0 bridgehead atoms. The summed E-state index contributed by atoms with van der Waals surface area (Å²) in [5.41, 5.74) is 1.17. The third kappa shape index (κ3) is 3.84. The van der Waals surface area contributed by atoms with Crippen molar-refractivity contribution < 1.29 is 18.9 Å². The molecular weight excluding hydrogens is 486 g/mol. The van der Waals surface area contributed by atoms with Crippen LogP contribution in [0.4, 0.5) is 0 Å². The first-order chi connectivity index (χ1) is 15.0. The summed E-state index contributed by atoms with van der Waals surface area (Å²) in [6, 6.07) is 9.07. The van der Waals surface area contributed by atoms with Gasteiger partial charge in [0.2, 0.25) is 10.7 Å². The van der Waals surface area contributed by atoms with Crippen molar-refractivity contribution in [1.29, 1.82) is 0 Å². The average molecular weight is 504 g/mol. The Kier molecular flexibility index (Phi) is 5.84. The van der Waals surface area contributed by atoms with Crippen LogP contribution in [0.15, 0.2) is 39.6 Å². The SMILES string of the molecule is COc1ccc(Br)cc1/C=c1/sc2nc(-c3cc(OC)c(OC)c(OC)c3)nn2c1=O. The predicted molar refractivity (Wildman–Crippen MR) is 122 cm³/mol. The van der Waals surface area contributed by atoms with E-state index in [0.717, 1.165) is 10.0 Å². The van der Waals surface area contributed by atoms with Crippen molar-refractivity contribution in [3.63, 3.8) is 0 Å². The number of hydrogen-bond donors (Lipinski definition) is 0. The van der Waals surface area contributed by atoms with E-state index in [2.05, 4.69) is 26.0 Å². The number of thiazole rings is 1. The zero-order valence-electron chi connectivity index (χ0n) is 17.1. The third-order valence-corrected chi connectivity index (χ3v) is 6.04. The van der Waals surface area contributed by atoms with E-state index in [1.807, 2.05) is 18.2 Å². The van der Waals surface area contributed by atoms with E-state index in [0.29, 0.717) is 43.9 Å². The Morgan fingerprint density at radius 3 is 2.23 bits per heavy atom. The largest absolute Gasteiger partial charge is 0.496 e. The number of halogens is 1. The van der Waals surface area contributed by atoms with Gasteiger partial charge in [-0.15, -0.1) is 5.10 Å². The van der Waals surface area contributed by atoms with Gasteiger partial charge < -0.3 is 18.9 Å². The molecule has 0 aliphatic rings. The molecule has 2 aromatic carbocycles. The van der Waals surface area contributed by atoms with E-state index in [4.69, 9.17) is 18.9 Å². The van der Waals surface area contributed by atoms with Crippen molar-refractivity contribution >= 4 is 38.3 Å². The van der Waals surface area contributed by atoms with Gasteiger partial charge in [-0.05, 0) is 36.4 Å². The highest BCUT2D eigenvalue weighted by Crippen LogP contribution is 2.40. The van der Waals surface area contributed by atoms with Gasteiger partial charge in [-0.3, -0.25) is 4.79 Å². The van der Waals surface area contributed by atoms with Gasteiger partial charge in [0.25, 0.3) is 5.56 Å². The van der Waals surface area contributed by atoms with Crippen LogP contribution in [-0.4, -0.2) is 43.0 Å². The lowest BCUT2D eigenvalue weighted by Gasteiger charge is -2.12. The number of nitrogens with zero attached hydrogens (tertiary/aromatic N) is 3. The monoisotopic (exact) mass is 503 g/mol. The van der Waals surface area contributed by atoms with Crippen LogP contribution < -0.4 is 29.0 Å². The number of fused-ring (bicyclic) bond motifs is 1. The first kappa shape index (κ1) is 21.1. The molecule has 0 saturated heterocycles. The fourth-order valence-corrected chi connectivity index (χ4v) is 4.40. The normalized spacial score (nSPS) is 11.7. The lowest BCUT2D eigenvalue weighted by Crippen LogP contribution is -2.23. The third-order valence-electron chi connectivity index (χ3n) is 4.58. The second-order valence-corrected chi connectivity index (χ2v) is 8.27. The summed E-state index contributed by atoms with van der Waals surface area (Å²) >= 11 is 4.69. The van der Waals surface area contributed by atoms with Crippen molar-refractivity contribution in [1.82, 2.24) is 14.6 Å². The quantitative estimate of drug-likeness (QED) is 0.399. The molecule has 0 atom stereocenters. The molecule has 10 heteroatoms. The minimum absolute atomic E-state index is 0.256. The number of benzene rings is 2. The molecule has 31 heavy (non-hydrogen) atoms. The standard InChI is InChI=1S/C21H18BrN3O5S/c1-27-14-6-5-13(22)7-11(14)10-17-20(26)25-21(31-17)23-19(24-25)12-8-15(28-2)18(30-4)16(9-12)29-3/h5-10H,1-4H3/b17-10+. The van der Waals surface area contributed by atoms with Gasteiger partial charge in [0.1, 0.15) is 5.75 Å². The van der Waals surface area contributed by atoms with Crippen molar-refractivity contribution in [3.8, 4) is 34.4 Å². The van der Waals surface area contributed by atoms with Crippen molar-refractivity contribution in [2.45, 2.75) is 0 Å². The molecule has 4 aromatic rings. The molecule has 0 saturated carbocycles. The second-order valence-electron chi connectivity index (χ2n) is 6.35. The Bertz CT molecular complexity index is 1360. The van der Waals surface area contributed by atoms with Crippen molar-refractivity contribution in [3.05, 3.63) is 55.3 Å². The summed E-state index contributed by atoms with van der Waals surface area (Å²) in [5, 5.41) is 4.40. The summed E-state index contributed by atoms with van der Waals surface area (Å²) in [7, 11) is 6.20. The van der Waals surface area contributed by atoms with E-state index in [-0.39, 0.29) is 5.56 Å². The molecule has 0 N–H and O–H groups in total. The van der Waals surface area contributed by atoms with E-state index in [1.54, 1.807) is 25.3 Å². The summed E-state index contributed by atoms with van der Waals surface area (Å²) in [6.07, 6.45) is 1.77. The van der Waals surface area contributed by atoms with Gasteiger partial charge in [0.05, 0.1) is 33.0 Å². The highest BCUT2D eigenvalue weighted by Gasteiger charge is 2.18. The number of ether oxygens (including phenoxy) is 4. The number of aromatic nitrogens is 3. The lowest BCUT2D eigenvalue weighted by atomic mass is 10.1. The molecule has 0 aliphatic carbocycles. The first-order valence-electron chi connectivity index (χ1n) is 9.04. The Morgan fingerprint density at radius 2 is 1.65 bits per heavy atom. The van der Waals surface area contributed by atoms with E-state index < -0.39 is 0 Å². The average Bonchev–Trinajstić information content (AvgIpc) is 3.32. The number of methoxy groups -OCH3 is 4. The fourth-order valence-electron chi connectivity index (χ4n) is 3.13.